The molecule has 0 unspecified atom stereocenters. The lowest BCUT2D eigenvalue weighted by Gasteiger charge is -2.32. The van der Waals surface area contributed by atoms with Crippen molar-refractivity contribution in [3.63, 3.8) is 0 Å². The first-order valence-electron chi connectivity index (χ1n) is 5.79. The van der Waals surface area contributed by atoms with Gasteiger partial charge in [-0.25, -0.2) is 0 Å². The molecule has 0 amide bonds. The molecule has 0 radical (unpaired) electrons. The highest BCUT2D eigenvalue weighted by atomic mass is 127. The van der Waals surface area contributed by atoms with E-state index in [1.165, 1.54) is 12.3 Å². The van der Waals surface area contributed by atoms with Crippen LogP contribution in [0.15, 0.2) is 12.3 Å². The van der Waals surface area contributed by atoms with Crippen LogP contribution in [0.4, 0.5) is 5.82 Å². The largest absolute Gasteiger partial charge is 0.499 e. The number of aromatic nitrogens is 1. The van der Waals surface area contributed by atoms with Crippen molar-refractivity contribution in [3.05, 3.63) is 25.9 Å². The van der Waals surface area contributed by atoms with E-state index < -0.39 is 23.2 Å². The van der Waals surface area contributed by atoms with Crippen LogP contribution in [0.5, 0.6) is 0 Å². The zero-order chi connectivity index (χ0) is 14.4. The Hall–Kier alpha value is -0.735. The van der Waals surface area contributed by atoms with E-state index in [1.807, 2.05) is 50.3 Å². The summed E-state index contributed by atoms with van der Waals surface area (Å²) in [5.74, 6) is -0.176. The van der Waals surface area contributed by atoms with Crippen molar-refractivity contribution in [2.24, 2.45) is 0 Å². The molecule has 102 valence electrons. The van der Waals surface area contributed by atoms with Gasteiger partial charge in [-0.1, -0.05) is 0 Å². The summed E-state index contributed by atoms with van der Waals surface area (Å²) in [6.07, 6.45) is 1.45. The van der Waals surface area contributed by atoms with Crippen LogP contribution in [0, 0.1) is 13.7 Å². The summed E-state index contributed by atoms with van der Waals surface area (Å²) in [6.45, 7) is 7.83. The van der Waals surface area contributed by atoms with Gasteiger partial charge in [0.05, 0.1) is 11.2 Å². The van der Waals surface area contributed by atoms with Crippen LogP contribution >= 0.6 is 22.6 Å². The summed E-state index contributed by atoms with van der Waals surface area (Å²) in [5, 5.41) is 10.7. The fraction of sp³-hybridized carbons (Fsp3) is 0.545. The molecule has 1 saturated heterocycles. The highest BCUT2D eigenvalue weighted by Crippen LogP contribution is 2.36. The molecule has 1 aliphatic rings. The van der Waals surface area contributed by atoms with Crippen molar-refractivity contribution in [2.45, 2.75) is 38.9 Å². The molecule has 1 aliphatic heterocycles. The van der Waals surface area contributed by atoms with Gasteiger partial charge in [0.15, 0.2) is 0 Å². The molecule has 0 aliphatic carbocycles. The van der Waals surface area contributed by atoms with E-state index in [4.69, 9.17) is 9.31 Å². The second-order valence-electron chi connectivity index (χ2n) is 5.41. The van der Waals surface area contributed by atoms with Crippen molar-refractivity contribution >= 4 is 41.0 Å². The van der Waals surface area contributed by atoms with Gasteiger partial charge < -0.3 is 19.4 Å². The zero-order valence-corrected chi connectivity index (χ0v) is 13.3. The molecule has 0 N–H and O–H groups in total. The van der Waals surface area contributed by atoms with Gasteiger partial charge in [-0.2, -0.15) is 0 Å². The Morgan fingerprint density at radius 1 is 1.32 bits per heavy atom. The number of pyridine rings is 1. The molecule has 6 nitrogen and oxygen atoms in total. The summed E-state index contributed by atoms with van der Waals surface area (Å²) in [6, 6.07) is 1.42. The molecule has 2 heterocycles. The maximum Gasteiger partial charge on any atom is 0.499 e. The van der Waals surface area contributed by atoms with Gasteiger partial charge in [-0.3, -0.25) is 0 Å². The van der Waals surface area contributed by atoms with Gasteiger partial charge in [0, 0.05) is 15.1 Å². The van der Waals surface area contributed by atoms with E-state index in [9.17, 15) is 10.1 Å². The summed E-state index contributed by atoms with van der Waals surface area (Å²) < 4.78 is 12.5. The smallest absolute Gasteiger partial charge is 0.399 e. The van der Waals surface area contributed by atoms with Crippen LogP contribution in [-0.4, -0.2) is 28.2 Å². The first kappa shape index (κ1) is 14.7. The predicted molar refractivity (Wildman–Crippen MR) is 79.3 cm³/mol. The van der Waals surface area contributed by atoms with Crippen molar-refractivity contribution in [1.29, 1.82) is 0 Å². The molecule has 1 fully saturated rings. The standard InChI is InChI=1S/C11H14BIN2O4/c1-10(2)11(3,4)19-12(18-10)7-6-14-9(15(16)17)5-8(7)13/h5-6H,1-4H3. The molecule has 19 heavy (non-hydrogen) atoms. The van der Waals surface area contributed by atoms with Crippen LogP contribution in [0.1, 0.15) is 27.7 Å². The van der Waals surface area contributed by atoms with Gasteiger partial charge in [0.25, 0.3) is 0 Å². The Balaban J connectivity index is 2.33. The Labute approximate surface area is 125 Å². The topological polar surface area (TPSA) is 74.5 Å². The van der Waals surface area contributed by atoms with Crippen molar-refractivity contribution in [2.75, 3.05) is 0 Å². The molecule has 1 aromatic heterocycles. The molecule has 1 aromatic rings. The van der Waals surface area contributed by atoms with Gasteiger partial charge in [-0.15, -0.1) is 0 Å². The average Bonchev–Trinajstić information content (AvgIpc) is 2.47. The lowest BCUT2D eigenvalue weighted by molar-refractivity contribution is -0.389. The number of hydrogen-bond acceptors (Lipinski definition) is 5. The zero-order valence-electron chi connectivity index (χ0n) is 11.1. The highest BCUT2D eigenvalue weighted by Gasteiger charge is 2.52. The number of nitrogens with zero attached hydrogens (tertiary/aromatic N) is 2. The molecular formula is C11H14BIN2O4. The van der Waals surface area contributed by atoms with Crippen molar-refractivity contribution < 1.29 is 14.2 Å². The average molecular weight is 376 g/mol. The maximum atomic E-state index is 10.7. The molecule has 0 saturated carbocycles. The Morgan fingerprint density at radius 2 is 1.84 bits per heavy atom. The molecule has 0 spiro atoms. The number of nitro groups is 1. The van der Waals surface area contributed by atoms with E-state index in [2.05, 4.69) is 4.98 Å². The third kappa shape index (κ3) is 2.61. The SMILES string of the molecule is CC1(C)OB(c2cnc([N+](=O)[O-])cc2I)OC1(C)C. The van der Waals surface area contributed by atoms with Crippen LogP contribution in [0.3, 0.4) is 0 Å². The van der Waals surface area contributed by atoms with E-state index in [1.54, 1.807) is 0 Å². The molecule has 0 bridgehead atoms. The Morgan fingerprint density at radius 3 is 2.26 bits per heavy atom. The Bertz CT molecular complexity index is 519. The fourth-order valence-corrected chi connectivity index (χ4v) is 2.35. The normalized spacial score (nSPS) is 20.6. The van der Waals surface area contributed by atoms with Gasteiger partial charge in [0.1, 0.15) is 6.20 Å². The Kier molecular flexibility index (Phi) is 3.61. The van der Waals surface area contributed by atoms with Gasteiger partial charge in [-0.05, 0) is 60.2 Å². The lowest BCUT2D eigenvalue weighted by Crippen LogP contribution is -2.41. The van der Waals surface area contributed by atoms with E-state index in [0.29, 0.717) is 9.03 Å². The summed E-state index contributed by atoms with van der Waals surface area (Å²) >= 11 is 2.03. The minimum Gasteiger partial charge on any atom is -0.399 e. The minimum absolute atomic E-state index is 0.176. The third-order valence-corrected chi connectivity index (χ3v) is 4.50. The number of halogens is 1. The molecular weight excluding hydrogens is 362 g/mol. The number of hydrogen-bond donors (Lipinski definition) is 0. The second kappa shape index (κ2) is 4.67. The number of rotatable bonds is 2. The molecule has 8 heteroatoms. The molecule has 0 atom stereocenters. The fourth-order valence-electron chi connectivity index (χ4n) is 1.67. The van der Waals surface area contributed by atoms with Crippen LogP contribution in [0.2, 0.25) is 0 Å². The van der Waals surface area contributed by atoms with Crippen LogP contribution < -0.4 is 5.46 Å². The van der Waals surface area contributed by atoms with E-state index in [-0.39, 0.29) is 5.82 Å². The van der Waals surface area contributed by atoms with Crippen LogP contribution in [-0.2, 0) is 9.31 Å². The van der Waals surface area contributed by atoms with E-state index >= 15 is 0 Å². The van der Waals surface area contributed by atoms with Gasteiger partial charge >= 0.3 is 12.9 Å². The summed E-state index contributed by atoms with van der Waals surface area (Å²) in [4.78, 5) is 14.0. The predicted octanol–water partition coefficient (Wildman–Crippen LogP) is 1.89. The first-order valence-corrected chi connectivity index (χ1v) is 6.87. The monoisotopic (exact) mass is 376 g/mol. The highest BCUT2D eigenvalue weighted by molar-refractivity contribution is 14.1. The molecule has 2 rings (SSSR count). The lowest BCUT2D eigenvalue weighted by atomic mass is 9.80. The molecule has 0 aromatic carbocycles. The van der Waals surface area contributed by atoms with Crippen molar-refractivity contribution in [3.8, 4) is 0 Å². The minimum atomic E-state index is -0.551. The maximum absolute atomic E-state index is 10.7. The first-order chi connectivity index (χ1) is 8.64. The van der Waals surface area contributed by atoms with Crippen LogP contribution in [0.25, 0.3) is 0 Å². The quantitative estimate of drug-likeness (QED) is 0.341. The second-order valence-corrected chi connectivity index (χ2v) is 6.57. The summed E-state index contributed by atoms with van der Waals surface area (Å²) in [5.41, 5.74) is -0.171. The van der Waals surface area contributed by atoms with Gasteiger partial charge in [0.2, 0.25) is 0 Å². The summed E-state index contributed by atoms with van der Waals surface area (Å²) in [7, 11) is -0.551. The van der Waals surface area contributed by atoms with Crippen molar-refractivity contribution in [1.82, 2.24) is 4.98 Å². The van der Waals surface area contributed by atoms with E-state index in [0.717, 1.165) is 0 Å². The third-order valence-electron chi connectivity index (χ3n) is 3.56.